The van der Waals surface area contributed by atoms with E-state index in [0.29, 0.717) is 23.0 Å². The van der Waals surface area contributed by atoms with Crippen LogP contribution in [0.3, 0.4) is 0 Å². The Kier molecular flexibility index (Phi) is 4.90. The molecule has 2 rings (SSSR count). The van der Waals surface area contributed by atoms with E-state index in [1.54, 1.807) is 26.0 Å². The van der Waals surface area contributed by atoms with Gasteiger partial charge in [-0.3, -0.25) is 9.59 Å². The summed E-state index contributed by atoms with van der Waals surface area (Å²) in [5.41, 5.74) is -1.93. The maximum atomic E-state index is 12.4. The predicted octanol–water partition coefficient (Wildman–Crippen LogP) is 1.91. The van der Waals surface area contributed by atoms with Gasteiger partial charge in [-0.2, -0.15) is 0 Å². The van der Waals surface area contributed by atoms with Crippen molar-refractivity contribution in [3.63, 3.8) is 0 Å². The summed E-state index contributed by atoms with van der Waals surface area (Å²) < 4.78 is 5.41. The molecule has 7 nitrogen and oxygen atoms in total. The smallest absolute Gasteiger partial charge is 0.264 e. The van der Waals surface area contributed by atoms with Crippen molar-refractivity contribution in [3.8, 4) is 0 Å². The molecule has 0 aliphatic carbocycles. The van der Waals surface area contributed by atoms with Crippen molar-refractivity contribution in [2.24, 2.45) is 0 Å². The number of carbonyl (C=O) groups excluding carboxylic acids is 1. The average molecular weight is 347 g/mol. The van der Waals surface area contributed by atoms with E-state index in [2.05, 4.69) is 15.3 Å². The molecule has 0 aromatic carbocycles. The Morgan fingerprint density at radius 3 is 2.40 bits per heavy atom. The van der Waals surface area contributed by atoms with Crippen molar-refractivity contribution in [3.05, 3.63) is 51.1 Å². The van der Waals surface area contributed by atoms with Crippen LogP contribution in [-0.4, -0.2) is 27.5 Å². The Morgan fingerprint density at radius 1 is 1.28 bits per heavy atom. The summed E-state index contributed by atoms with van der Waals surface area (Å²) in [7, 11) is 0. The fourth-order valence-corrected chi connectivity index (χ4v) is 2.36. The quantitative estimate of drug-likeness (QED) is 0.783. The number of aryl methyl sites for hydroxylation is 2. The number of aromatic amines is 1. The van der Waals surface area contributed by atoms with Crippen LogP contribution in [0.25, 0.3) is 0 Å². The summed E-state index contributed by atoms with van der Waals surface area (Å²) in [6, 6.07) is 3.38. The summed E-state index contributed by atoms with van der Waals surface area (Å²) in [5, 5.41) is 13.1. The molecule has 2 heterocycles. The Labute approximate surface area is 146 Å². The number of hydrogen-bond acceptors (Lipinski definition) is 5. The third-order valence-corrected chi connectivity index (χ3v) is 3.90. The second kappa shape index (κ2) is 6.48. The van der Waals surface area contributed by atoms with Gasteiger partial charge in [0.25, 0.3) is 11.5 Å². The lowest BCUT2D eigenvalue weighted by Gasteiger charge is -2.22. The van der Waals surface area contributed by atoms with E-state index >= 15 is 0 Å². The zero-order valence-electron chi connectivity index (χ0n) is 15.5. The van der Waals surface area contributed by atoms with E-state index in [9.17, 15) is 14.7 Å². The summed E-state index contributed by atoms with van der Waals surface area (Å²) in [6.45, 7) is 10.6. The molecule has 1 atom stereocenters. The van der Waals surface area contributed by atoms with E-state index in [-0.39, 0.29) is 17.5 Å². The molecule has 2 aromatic heterocycles. The van der Waals surface area contributed by atoms with Gasteiger partial charge in [-0.05, 0) is 32.9 Å². The highest BCUT2D eigenvalue weighted by atomic mass is 16.4. The van der Waals surface area contributed by atoms with Crippen LogP contribution >= 0.6 is 0 Å². The lowest BCUT2D eigenvalue weighted by Crippen LogP contribution is -2.41. The number of amides is 1. The monoisotopic (exact) mass is 347 g/mol. The molecule has 0 saturated carbocycles. The van der Waals surface area contributed by atoms with Gasteiger partial charge in [0.05, 0.1) is 12.2 Å². The van der Waals surface area contributed by atoms with Crippen LogP contribution in [-0.2, 0) is 11.0 Å². The number of aromatic nitrogens is 2. The molecular formula is C18H25N3O4. The van der Waals surface area contributed by atoms with Gasteiger partial charge in [-0.1, -0.05) is 20.8 Å². The van der Waals surface area contributed by atoms with E-state index < -0.39 is 17.1 Å². The van der Waals surface area contributed by atoms with Crippen molar-refractivity contribution < 1.29 is 14.3 Å². The van der Waals surface area contributed by atoms with Gasteiger partial charge in [-0.15, -0.1) is 0 Å². The minimum atomic E-state index is -1.39. The number of carbonyl (C=O) groups is 1. The Hall–Kier alpha value is -2.41. The predicted molar refractivity (Wildman–Crippen MR) is 93.6 cm³/mol. The van der Waals surface area contributed by atoms with E-state index in [1.807, 2.05) is 20.8 Å². The first kappa shape index (κ1) is 18.9. The highest BCUT2D eigenvalue weighted by Crippen LogP contribution is 2.22. The standard InChI is InChI=1S/C18H25N3O4/c1-10-7-8-12(25-10)18(6,24)9-19-14(22)13-11(2)20-16(17(3,4)5)21-15(13)23/h7-8,24H,9H2,1-6H3,(H,19,22)(H,20,21,23)/t18-/m0/s1. The van der Waals surface area contributed by atoms with Gasteiger partial charge in [0.1, 0.15) is 28.5 Å². The van der Waals surface area contributed by atoms with Crippen LogP contribution in [0.5, 0.6) is 0 Å². The van der Waals surface area contributed by atoms with Gasteiger partial charge in [0.2, 0.25) is 0 Å². The van der Waals surface area contributed by atoms with Gasteiger partial charge in [-0.25, -0.2) is 4.98 Å². The molecule has 0 aliphatic rings. The summed E-state index contributed by atoms with van der Waals surface area (Å²) in [6.07, 6.45) is 0. The SMILES string of the molecule is Cc1ccc([C@@](C)(O)CNC(=O)c2c(C)nc(C(C)(C)C)[nH]c2=O)o1. The van der Waals surface area contributed by atoms with Crippen molar-refractivity contribution >= 4 is 5.91 Å². The largest absolute Gasteiger partial charge is 0.463 e. The van der Waals surface area contributed by atoms with Gasteiger partial charge in [0.15, 0.2) is 0 Å². The first-order valence-electron chi connectivity index (χ1n) is 8.11. The highest BCUT2D eigenvalue weighted by Gasteiger charge is 2.29. The minimum absolute atomic E-state index is 0.0561. The maximum Gasteiger partial charge on any atom is 0.264 e. The van der Waals surface area contributed by atoms with E-state index in [1.165, 1.54) is 6.92 Å². The van der Waals surface area contributed by atoms with Crippen LogP contribution in [0.15, 0.2) is 21.3 Å². The number of nitrogens with one attached hydrogen (secondary N) is 2. The van der Waals surface area contributed by atoms with Gasteiger partial charge in [0, 0.05) is 5.41 Å². The second-order valence-electron chi connectivity index (χ2n) is 7.49. The molecule has 0 saturated heterocycles. The fourth-order valence-electron chi connectivity index (χ4n) is 2.36. The zero-order valence-corrected chi connectivity index (χ0v) is 15.5. The molecule has 136 valence electrons. The first-order chi connectivity index (χ1) is 11.4. The number of aliphatic hydroxyl groups is 1. The average Bonchev–Trinajstić information content (AvgIpc) is 2.91. The Balaban J connectivity index is 2.20. The van der Waals surface area contributed by atoms with Crippen LogP contribution in [0.2, 0.25) is 0 Å². The molecule has 2 aromatic rings. The maximum absolute atomic E-state index is 12.4. The number of nitrogens with zero attached hydrogens (tertiary/aromatic N) is 1. The number of hydrogen-bond donors (Lipinski definition) is 3. The molecule has 0 unspecified atom stereocenters. The van der Waals surface area contributed by atoms with Crippen LogP contribution in [0.4, 0.5) is 0 Å². The lowest BCUT2D eigenvalue weighted by atomic mass is 9.95. The van der Waals surface area contributed by atoms with Crippen molar-refractivity contribution in [1.82, 2.24) is 15.3 Å². The van der Waals surface area contributed by atoms with Gasteiger partial charge >= 0.3 is 0 Å². The molecule has 0 aliphatic heterocycles. The summed E-state index contributed by atoms with van der Waals surface area (Å²) in [5.74, 6) is 0.938. The molecule has 25 heavy (non-hydrogen) atoms. The third-order valence-electron chi connectivity index (χ3n) is 3.90. The normalized spacial score (nSPS) is 14.2. The Morgan fingerprint density at radius 2 is 1.92 bits per heavy atom. The topological polar surface area (TPSA) is 108 Å². The summed E-state index contributed by atoms with van der Waals surface area (Å²) >= 11 is 0. The molecule has 0 spiro atoms. The molecular weight excluding hydrogens is 322 g/mol. The minimum Gasteiger partial charge on any atom is -0.463 e. The second-order valence-corrected chi connectivity index (χ2v) is 7.49. The molecule has 7 heteroatoms. The van der Waals surface area contributed by atoms with Crippen molar-refractivity contribution in [1.29, 1.82) is 0 Å². The summed E-state index contributed by atoms with van der Waals surface area (Å²) in [4.78, 5) is 31.7. The van der Waals surface area contributed by atoms with Crippen LogP contribution < -0.4 is 10.9 Å². The first-order valence-corrected chi connectivity index (χ1v) is 8.11. The third kappa shape index (κ3) is 4.17. The molecule has 1 amide bonds. The lowest BCUT2D eigenvalue weighted by molar-refractivity contribution is 0.0323. The van der Waals surface area contributed by atoms with Crippen LogP contribution in [0.1, 0.15) is 61.1 Å². The fraction of sp³-hybridized carbons (Fsp3) is 0.500. The van der Waals surface area contributed by atoms with Crippen LogP contribution in [0, 0.1) is 13.8 Å². The number of furan rings is 1. The molecule has 0 fully saturated rings. The number of H-pyrrole nitrogens is 1. The van der Waals surface area contributed by atoms with Crippen molar-refractivity contribution in [2.75, 3.05) is 6.54 Å². The highest BCUT2D eigenvalue weighted by molar-refractivity contribution is 5.94. The van der Waals surface area contributed by atoms with E-state index in [0.717, 1.165) is 0 Å². The molecule has 0 bridgehead atoms. The Bertz CT molecular complexity index is 841. The zero-order chi connectivity index (χ0) is 19.0. The molecule has 3 N–H and O–H groups in total. The van der Waals surface area contributed by atoms with E-state index in [4.69, 9.17) is 4.42 Å². The van der Waals surface area contributed by atoms with Gasteiger partial charge < -0.3 is 19.8 Å². The molecule has 0 radical (unpaired) electrons. The van der Waals surface area contributed by atoms with Crippen molar-refractivity contribution in [2.45, 2.75) is 52.6 Å². The number of rotatable bonds is 4.